The molecule has 0 unspecified atom stereocenters. The van der Waals surface area contributed by atoms with Crippen LogP contribution in [0.5, 0.6) is 0 Å². The van der Waals surface area contributed by atoms with Gasteiger partial charge in [0.1, 0.15) is 6.04 Å². The molecule has 2 rings (SSSR count). The van der Waals surface area contributed by atoms with Crippen LogP contribution in [0.25, 0.3) is 0 Å². The van der Waals surface area contributed by atoms with Gasteiger partial charge < -0.3 is 15.5 Å². The lowest BCUT2D eigenvalue weighted by Crippen LogP contribution is -2.53. The Hall–Kier alpha value is -1.75. The monoisotopic (exact) mass is 337 g/mol. The number of rotatable bonds is 4. The number of nitrogens with one attached hydrogen (secondary N) is 2. The number of benzene rings is 1. The van der Waals surface area contributed by atoms with Crippen LogP contribution in [0, 0.1) is 5.92 Å². The van der Waals surface area contributed by atoms with Crippen LogP contribution in [0.15, 0.2) is 24.3 Å². The van der Waals surface area contributed by atoms with Gasteiger partial charge >= 0.3 is 6.03 Å². The second-order valence-corrected chi connectivity index (χ2v) is 6.65. The highest BCUT2D eigenvalue weighted by molar-refractivity contribution is 6.30. The number of hydrogen-bond acceptors (Lipinski definition) is 2. The van der Waals surface area contributed by atoms with Gasteiger partial charge in [-0.1, -0.05) is 25.4 Å². The number of halogens is 1. The van der Waals surface area contributed by atoms with E-state index in [-0.39, 0.29) is 17.9 Å². The minimum atomic E-state index is -0.514. The number of carbonyl (C=O) groups excluding carboxylic acids is 2. The highest BCUT2D eigenvalue weighted by atomic mass is 35.5. The molecule has 0 aliphatic carbocycles. The third-order valence-electron chi connectivity index (χ3n) is 3.99. The summed E-state index contributed by atoms with van der Waals surface area (Å²) in [6.07, 6.45) is 3.24. The molecule has 126 valence electrons. The van der Waals surface area contributed by atoms with Crippen molar-refractivity contribution >= 4 is 29.2 Å². The number of piperidine rings is 1. The van der Waals surface area contributed by atoms with Gasteiger partial charge in [-0.05, 0) is 49.4 Å². The zero-order valence-electron chi connectivity index (χ0n) is 13.6. The molecule has 0 aromatic heterocycles. The number of hydrogen-bond donors (Lipinski definition) is 2. The molecule has 5 nitrogen and oxygen atoms in total. The highest BCUT2D eigenvalue weighted by Gasteiger charge is 2.29. The van der Waals surface area contributed by atoms with Crippen molar-refractivity contribution in [2.45, 2.75) is 39.2 Å². The fraction of sp³-hybridized carbons (Fsp3) is 0.529. The maximum atomic E-state index is 12.6. The molecular weight excluding hydrogens is 314 g/mol. The van der Waals surface area contributed by atoms with Crippen molar-refractivity contribution in [3.63, 3.8) is 0 Å². The van der Waals surface area contributed by atoms with E-state index in [9.17, 15) is 9.59 Å². The molecule has 0 bridgehead atoms. The van der Waals surface area contributed by atoms with Crippen molar-refractivity contribution in [1.29, 1.82) is 0 Å². The van der Waals surface area contributed by atoms with Crippen molar-refractivity contribution < 1.29 is 9.59 Å². The molecule has 2 N–H and O–H groups in total. The van der Waals surface area contributed by atoms with Crippen LogP contribution in [-0.2, 0) is 4.79 Å². The highest BCUT2D eigenvalue weighted by Crippen LogP contribution is 2.15. The number of amides is 3. The predicted molar refractivity (Wildman–Crippen MR) is 92.7 cm³/mol. The molecule has 1 saturated heterocycles. The lowest BCUT2D eigenvalue weighted by atomic mass is 10.0. The molecule has 1 heterocycles. The topological polar surface area (TPSA) is 61.4 Å². The van der Waals surface area contributed by atoms with Gasteiger partial charge in [0.25, 0.3) is 0 Å². The maximum Gasteiger partial charge on any atom is 0.319 e. The number of anilines is 1. The van der Waals surface area contributed by atoms with Gasteiger partial charge in [0.05, 0.1) is 0 Å². The van der Waals surface area contributed by atoms with E-state index >= 15 is 0 Å². The van der Waals surface area contributed by atoms with E-state index in [4.69, 9.17) is 11.6 Å². The summed E-state index contributed by atoms with van der Waals surface area (Å²) in [5.74, 6) is 0.0337. The van der Waals surface area contributed by atoms with Crippen LogP contribution in [0.3, 0.4) is 0 Å². The van der Waals surface area contributed by atoms with Gasteiger partial charge in [0.15, 0.2) is 0 Å². The number of carbonyl (C=O) groups is 2. The SMILES string of the molecule is CC(C)[C@H](NC(=O)Nc1ccc(Cl)cc1)C(=O)N1CCCCC1. The average molecular weight is 338 g/mol. The second-order valence-electron chi connectivity index (χ2n) is 6.21. The molecule has 3 amide bonds. The Balaban J connectivity index is 1.96. The first-order chi connectivity index (χ1) is 11.0. The lowest BCUT2D eigenvalue weighted by Gasteiger charge is -2.32. The van der Waals surface area contributed by atoms with E-state index in [1.54, 1.807) is 24.3 Å². The summed E-state index contributed by atoms with van der Waals surface area (Å²) in [6.45, 7) is 5.44. The fourth-order valence-electron chi connectivity index (χ4n) is 2.67. The van der Waals surface area contributed by atoms with Gasteiger partial charge in [0.2, 0.25) is 5.91 Å². The van der Waals surface area contributed by atoms with Crippen molar-refractivity contribution in [1.82, 2.24) is 10.2 Å². The normalized spacial score (nSPS) is 16.1. The summed E-state index contributed by atoms with van der Waals surface area (Å²) in [5.41, 5.74) is 0.639. The van der Waals surface area contributed by atoms with Crippen LogP contribution in [-0.4, -0.2) is 36.0 Å². The maximum absolute atomic E-state index is 12.6. The average Bonchev–Trinajstić information content (AvgIpc) is 2.55. The first kappa shape index (κ1) is 17.6. The first-order valence-electron chi connectivity index (χ1n) is 8.09. The zero-order chi connectivity index (χ0) is 16.8. The Morgan fingerprint density at radius 2 is 1.70 bits per heavy atom. The van der Waals surface area contributed by atoms with E-state index in [2.05, 4.69) is 10.6 Å². The third-order valence-corrected chi connectivity index (χ3v) is 4.24. The molecule has 1 atom stereocenters. The second kappa shape index (κ2) is 8.20. The minimum absolute atomic E-state index is 0.00551. The van der Waals surface area contributed by atoms with Gasteiger partial charge in [-0.2, -0.15) is 0 Å². The summed E-state index contributed by atoms with van der Waals surface area (Å²) in [7, 11) is 0. The van der Waals surface area contributed by atoms with Crippen molar-refractivity contribution in [3.05, 3.63) is 29.3 Å². The van der Waals surface area contributed by atoms with Crippen LogP contribution in [0.4, 0.5) is 10.5 Å². The molecule has 0 saturated carbocycles. The van der Waals surface area contributed by atoms with Crippen LogP contribution >= 0.6 is 11.6 Å². The summed E-state index contributed by atoms with van der Waals surface area (Å²) < 4.78 is 0. The molecule has 1 aliphatic rings. The summed E-state index contributed by atoms with van der Waals surface area (Å²) >= 11 is 5.82. The van der Waals surface area contributed by atoms with Crippen LogP contribution in [0.1, 0.15) is 33.1 Å². The smallest absolute Gasteiger partial charge is 0.319 e. The van der Waals surface area contributed by atoms with E-state index in [1.807, 2.05) is 18.7 Å². The molecule has 23 heavy (non-hydrogen) atoms. The molecule has 1 aromatic carbocycles. The number of nitrogens with zero attached hydrogens (tertiary/aromatic N) is 1. The predicted octanol–water partition coefficient (Wildman–Crippen LogP) is 3.50. The summed E-state index contributed by atoms with van der Waals surface area (Å²) in [5, 5.41) is 6.14. The zero-order valence-corrected chi connectivity index (χ0v) is 14.4. The van der Waals surface area contributed by atoms with Gasteiger partial charge in [-0.25, -0.2) is 4.79 Å². The van der Waals surface area contributed by atoms with Gasteiger partial charge in [-0.15, -0.1) is 0 Å². The minimum Gasteiger partial charge on any atom is -0.341 e. The standard InChI is InChI=1S/C17H24ClN3O2/c1-12(2)15(16(22)21-10-4-3-5-11-21)20-17(23)19-14-8-6-13(18)7-9-14/h6-9,12,15H,3-5,10-11H2,1-2H3,(H2,19,20,23)/t15-/m0/s1. The Morgan fingerprint density at radius 1 is 1.09 bits per heavy atom. The lowest BCUT2D eigenvalue weighted by molar-refractivity contribution is -0.135. The van der Waals surface area contributed by atoms with E-state index in [1.165, 1.54) is 6.42 Å². The van der Waals surface area contributed by atoms with Crippen molar-refractivity contribution in [2.24, 2.45) is 5.92 Å². The molecule has 0 radical (unpaired) electrons. The molecule has 1 aromatic rings. The van der Waals surface area contributed by atoms with E-state index in [0.29, 0.717) is 10.7 Å². The quantitative estimate of drug-likeness (QED) is 0.883. The Labute approximate surface area is 142 Å². The third kappa shape index (κ3) is 5.13. The van der Waals surface area contributed by atoms with E-state index < -0.39 is 6.04 Å². The number of urea groups is 1. The number of likely N-dealkylation sites (tertiary alicyclic amines) is 1. The Kier molecular flexibility index (Phi) is 6.28. The van der Waals surface area contributed by atoms with Gasteiger partial charge in [0, 0.05) is 23.8 Å². The van der Waals surface area contributed by atoms with Crippen LogP contribution in [0.2, 0.25) is 5.02 Å². The Bertz CT molecular complexity index is 539. The van der Waals surface area contributed by atoms with Crippen molar-refractivity contribution in [3.8, 4) is 0 Å². The molecule has 6 heteroatoms. The van der Waals surface area contributed by atoms with Crippen LogP contribution < -0.4 is 10.6 Å². The molecule has 1 fully saturated rings. The summed E-state index contributed by atoms with van der Waals surface area (Å²) in [4.78, 5) is 26.7. The Morgan fingerprint density at radius 3 is 2.26 bits per heavy atom. The summed E-state index contributed by atoms with van der Waals surface area (Å²) in [6, 6.07) is 5.96. The van der Waals surface area contributed by atoms with E-state index in [0.717, 1.165) is 25.9 Å². The first-order valence-corrected chi connectivity index (χ1v) is 8.47. The molecule has 1 aliphatic heterocycles. The molecular formula is C17H24ClN3O2. The molecule has 0 spiro atoms. The van der Waals surface area contributed by atoms with Crippen molar-refractivity contribution in [2.75, 3.05) is 18.4 Å². The van der Waals surface area contributed by atoms with Gasteiger partial charge in [-0.3, -0.25) is 4.79 Å². The largest absolute Gasteiger partial charge is 0.341 e. The fourth-order valence-corrected chi connectivity index (χ4v) is 2.79.